The summed E-state index contributed by atoms with van der Waals surface area (Å²) in [5, 5.41) is 7.75. The number of methoxy groups -OCH3 is 1. The van der Waals surface area contributed by atoms with Crippen LogP contribution in [0.15, 0.2) is 47.3 Å². The van der Waals surface area contributed by atoms with Crippen molar-refractivity contribution in [3.8, 4) is 17.0 Å². The average molecular weight is 585 g/mol. The monoisotopic (exact) mass is 584 g/mol. The Balaban J connectivity index is 1.16. The van der Waals surface area contributed by atoms with Crippen LogP contribution in [0.2, 0.25) is 0 Å². The maximum absolute atomic E-state index is 13.5. The number of aryl methyl sites for hydroxylation is 1. The topological polar surface area (TPSA) is 135 Å². The minimum absolute atomic E-state index is 0.0260. The third kappa shape index (κ3) is 6.49. The predicted molar refractivity (Wildman–Crippen MR) is 163 cm³/mol. The van der Waals surface area contributed by atoms with Crippen LogP contribution >= 0.6 is 0 Å². The summed E-state index contributed by atoms with van der Waals surface area (Å²) in [5.41, 5.74) is 3.94. The fraction of sp³-hybridized carbons (Fsp3) is 0.485. The average Bonchev–Trinajstić information content (AvgIpc) is 3.72. The lowest BCUT2D eigenvalue weighted by molar-refractivity contribution is -0.128. The molecule has 1 spiro atoms. The van der Waals surface area contributed by atoms with Gasteiger partial charge in [-0.2, -0.15) is 0 Å². The van der Waals surface area contributed by atoms with Gasteiger partial charge in [0.1, 0.15) is 17.8 Å². The van der Waals surface area contributed by atoms with Crippen LogP contribution in [0.3, 0.4) is 0 Å². The number of H-pyrrole nitrogens is 1. The van der Waals surface area contributed by atoms with E-state index in [4.69, 9.17) is 14.1 Å². The van der Waals surface area contributed by atoms with E-state index in [-0.39, 0.29) is 29.5 Å². The minimum atomic E-state index is -0.263. The molecular weight excluding hydrogens is 544 g/mol. The van der Waals surface area contributed by atoms with Crippen LogP contribution in [0.1, 0.15) is 86.0 Å². The highest BCUT2D eigenvalue weighted by molar-refractivity contribution is 5.91. The maximum atomic E-state index is 13.5. The molecule has 1 aromatic carbocycles. The van der Waals surface area contributed by atoms with Gasteiger partial charge >= 0.3 is 0 Å². The molecule has 1 unspecified atom stereocenters. The van der Waals surface area contributed by atoms with Gasteiger partial charge in [0, 0.05) is 48.1 Å². The first-order chi connectivity index (χ1) is 20.9. The summed E-state index contributed by atoms with van der Waals surface area (Å²) in [6.45, 7) is 4.12. The molecule has 1 aliphatic heterocycles. The van der Waals surface area contributed by atoms with Gasteiger partial charge in [-0.05, 0) is 63.0 Å². The Bertz CT molecular complexity index is 1570. The van der Waals surface area contributed by atoms with Gasteiger partial charge in [0.05, 0.1) is 36.8 Å². The summed E-state index contributed by atoms with van der Waals surface area (Å²) >= 11 is 0. The van der Waals surface area contributed by atoms with E-state index in [1.54, 1.807) is 7.11 Å². The van der Waals surface area contributed by atoms with E-state index in [1.807, 2.05) is 25.3 Å². The number of aromatic nitrogens is 4. The zero-order chi connectivity index (χ0) is 29.8. The van der Waals surface area contributed by atoms with Crippen LogP contribution in [0.4, 0.5) is 0 Å². The van der Waals surface area contributed by atoms with Gasteiger partial charge in [0.15, 0.2) is 0 Å². The third-order valence-corrected chi connectivity index (χ3v) is 9.17. The number of nitrogens with zero attached hydrogens (tertiary/aromatic N) is 3. The van der Waals surface area contributed by atoms with Crippen LogP contribution in [0, 0.1) is 18.3 Å². The van der Waals surface area contributed by atoms with E-state index in [1.165, 1.54) is 12.5 Å². The molecule has 2 fully saturated rings. The molecule has 3 N–H and O–H groups in total. The molecule has 3 aromatic heterocycles. The molecule has 6 rings (SSSR count). The van der Waals surface area contributed by atoms with Gasteiger partial charge < -0.3 is 24.8 Å². The van der Waals surface area contributed by atoms with Crippen LogP contribution in [0.25, 0.3) is 22.2 Å². The van der Waals surface area contributed by atoms with Gasteiger partial charge in [-0.3, -0.25) is 14.6 Å². The smallest absolute Gasteiger partial charge is 0.263 e. The molecule has 1 atom stereocenters. The Kier molecular flexibility index (Phi) is 8.56. The summed E-state index contributed by atoms with van der Waals surface area (Å²) in [5.74, 6) is 1.64. The van der Waals surface area contributed by atoms with Gasteiger partial charge in [0.25, 0.3) is 5.89 Å². The maximum Gasteiger partial charge on any atom is 0.263 e. The zero-order valence-corrected chi connectivity index (χ0v) is 24.9. The van der Waals surface area contributed by atoms with Crippen molar-refractivity contribution in [2.24, 2.45) is 11.3 Å². The molecule has 2 aliphatic rings. The molecule has 1 saturated carbocycles. The number of ether oxygens (including phenoxy) is 1. The number of rotatable bonds is 12. The number of Topliss-reactive ketones (excluding diaryl/α,β-unsaturated/α-hetero) is 1. The number of ketones is 1. The van der Waals surface area contributed by atoms with E-state index in [0.717, 1.165) is 91.7 Å². The second-order valence-corrected chi connectivity index (χ2v) is 12.2. The Morgan fingerprint density at radius 2 is 1.98 bits per heavy atom. The van der Waals surface area contributed by atoms with Gasteiger partial charge in [0.2, 0.25) is 11.7 Å². The molecule has 226 valence electrons. The predicted octanol–water partition coefficient (Wildman–Crippen LogP) is 5.70. The molecule has 10 heteroatoms. The zero-order valence-electron chi connectivity index (χ0n) is 24.9. The molecule has 1 saturated heterocycles. The molecule has 10 nitrogen and oxygen atoms in total. The van der Waals surface area contributed by atoms with E-state index in [2.05, 4.69) is 37.7 Å². The van der Waals surface area contributed by atoms with Crippen LogP contribution in [0.5, 0.6) is 5.75 Å². The van der Waals surface area contributed by atoms with Crippen molar-refractivity contribution in [3.05, 3.63) is 60.3 Å². The highest BCUT2D eigenvalue weighted by Gasteiger charge is 2.41. The van der Waals surface area contributed by atoms with Crippen molar-refractivity contribution < 1.29 is 18.7 Å². The number of nitrogens with one attached hydrogen (secondary N) is 3. The third-order valence-electron chi connectivity index (χ3n) is 9.17. The normalized spacial score (nSPS) is 17.1. The number of carbonyl (C=O) groups is 2. The van der Waals surface area contributed by atoms with Crippen molar-refractivity contribution in [2.75, 3.05) is 20.2 Å². The van der Waals surface area contributed by atoms with Crippen LogP contribution in [-0.4, -0.2) is 51.8 Å². The standard InChI is InChI=1S/C33H40N6O4/c1-21-8-9-23-16-24(29(42-2)17-26(23)37-21)27-18-36-30(38-27)25(6-4-3-5-7-28(40)32-35-14-15-43-32)39-31(41)22-10-12-33(13-11-22)19-34-20-33/h8-9,14-18,22,25,34H,3-7,10-13,19-20H2,1-2H3,(H,36,38)(H,39,41). The summed E-state index contributed by atoms with van der Waals surface area (Å²) in [4.78, 5) is 42.6. The number of benzene rings is 1. The van der Waals surface area contributed by atoms with Gasteiger partial charge in [-0.25, -0.2) is 9.97 Å². The SMILES string of the molecule is COc1cc2nc(C)ccc2cc1-c1cnc(C(CCCCCC(=O)c2ncco2)NC(=O)C2CCC3(CC2)CNC3)[nH]1. The summed E-state index contributed by atoms with van der Waals surface area (Å²) in [6.07, 6.45) is 12.3. The van der Waals surface area contributed by atoms with E-state index in [0.29, 0.717) is 24.0 Å². The first-order valence-corrected chi connectivity index (χ1v) is 15.4. The van der Waals surface area contributed by atoms with E-state index >= 15 is 0 Å². The number of pyridine rings is 1. The Hall–Kier alpha value is -4.05. The fourth-order valence-electron chi connectivity index (χ4n) is 6.45. The Morgan fingerprint density at radius 3 is 2.70 bits per heavy atom. The number of hydrogen-bond acceptors (Lipinski definition) is 8. The van der Waals surface area contributed by atoms with E-state index in [9.17, 15) is 9.59 Å². The number of imidazole rings is 1. The second-order valence-electron chi connectivity index (χ2n) is 12.2. The van der Waals surface area contributed by atoms with Crippen LogP contribution < -0.4 is 15.4 Å². The second kappa shape index (κ2) is 12.7. The van der Waals surface area contributed by atoms with Gasteiger partial charge in [-0.15, -0.1) is 0 Å². The molecule has 1 amide bonds. The number of hydrogen-bond donors (Lipinski definition) is 3. The lowest BCUT2D eigenvalue weighted by Gasteiger charge is -2.47. The highest BCUT2D eigenvalue weighted by atomic mass is 16.5. The number of amides is 1. The molecular formula is C33H40N6O4. The lowest BCUT2D eigenvalue weighted by Crippen LogP contribution is -2.55. The van der Waals surface area contributed by atoms with Gasteiger partial charge in [-0.1, -0.05) is 18.9 Å². The van der Waals surface area contributed by atoms with Crippen molar-refractivity contribution in [1.29, 1.82) is 0 Å². The lowest BCUT2D eigenvalue weighted by atomic mass is 9.67. The number of fused-ring (bicyclic) bond motifs is 1. The largest absolute Gasteiger partial charge is 0.496 e. The molecule has 4 heterocycles. The molecule has 0 bridgehead atoms. The minimum Gasteiger partial charge on any atom is -0.496 e. The number of carbonyl (C=O) groups excluding carboxylic acids is 2. The van der Waals surface area contributed by atoms with Crippen molar-refractivity contribution in [2.45, 2.75) is 70.8 Å². The first kappa shape index (κ1) is 29.0. The molecule has 1 aliphatic carbocycles. The Labute approximate surface area is 251 Å². The van der Waals surface area contributed by atoms with Crippen molar-refractivity contribution >= 4 is 22.6 Å². The fourth-order valence-corrected chi connectivity index (χ4v) is 6.45. The summed E-state index contributed by atoms with van der Waals surface area (Å²) in [7, 11) is 1.65. The summed E-state index contributed by atoms with van der Waals surface area (Å²) < 4.78 is 10.9. The van der Waals surface area contributed by atoms with Crippen molar-refractivity contribution in [1.82, 2.24) is 30.6 Å². The van der Waals surface area contributed by atoms with Crippen LogP contribution in [-0.2, 0) is 4.79 Å². The number of aromatic amines is 1. The molecule has 4 aromatic rings. The Morgan fingerprint density at radius 1 is 1.14 bits per heavy atom. The first-order valence-electron chi connectivity index (χ1n) is 15.4. The highest BCUT2D eigenvalue weighted by Crippen LogP contribution is 2.42. The quantitative estimate of drug-likeness (QED) is 0.143. The molecule has 43 heavy (non-hydrogen) atoms. The number of unbranched alkanes of at least 4 members (excludes halogenated alkanes) is 2. The summed E-state index contributed by atoms with van der Waals surface area (Å²) in [6, 6.07) is 7.80. The van der Waals surface area contributed by atoms with E-state index < -0.39 is 0 Å². The number of oxazole rings is 1. The molecule has 0 radical (unpaired) electrons. The van der Waals surface area contributed by atoms with Crippen molar-refractivity contribution in [3.63, 3.8) is 0 Å².